The summed E-state index contributed by atoms with van der Waals surface area (Å²) in [6, 6.07) is 19.9. The minimum absolute atomic E-state index is 0.262. The molecule has 0 bridgehead atoms. The van der Waals surface area contributed by atoms with Crippen molar-refractivity contribution in [2.75, 3.05) is 21.3 Å². The first-order valence-corrected chi connectivity index (χ1v) is 10.1. The van der Waals surface area contributed by atoms with Crippen molar-refractivity contribution in [2.45, 2.75) is 0 Å². The second-order valence-corrected chi connectivity index (χ2v) is 7.20. The van der Waals surface area contributed by atoms with E-state index in [9.17, 15) is 4.57 Å². The molecule has 0 heterocycles. The Balaban J connectivity index is 1.93. The molecule has 29 heavy (non-hydrogen) atoms. The van der Waals surface area contributed by atoms with Gasteiger partial charge in [0.15, 0.2) is 0 Å². The third kappa shape index (κ3) is 5.59. The molecule has 8 heteroatoms. The average Bonchev–Trinajstić information content (AvgIpc) is 2.73. The first kappa shape index (κ1) is 20.4. The minimum atomic E-state index is -4.14. The van der Waals surface area contributed by atoms with E-state index in [1.807, 2.05) is 0 Å². The highest BCUT2D eigenvalue weighted by atomic mass is 31.2. The van der Waals surface area contributed by atoms with Crippen LogP contribution in [0.1, 0.15) is 0 Å². The van der Waals surface area contributed by atoms with Crippen LogP contribution < -0.4 is 27.8 Å². The fraction of sp³-hybridized carbons (Fsp3) is 0.143. The monoisotopic (exact) mass is 416 g/mol. The fourth-order valence-electron chi connectivity index (χ4n) is 2.42. The second-order valence-electron chi connectivity index (χ2n) is 5.76. The molecule has 0 fully saturated rings. The van der Waals surface area contributed by atoms with Crippen molar-refractivity contribution in [3.8, 4) is 34.5 Å². The number of benzene rings is 3. The maximum Gasteiger partial charge on any atom is 0.647 e. The highest BCUT2D eigenvalue weighted by Gasteiger charge is 2.33. The van der Waals surface area contributed by atoms with Crippen molar-refractivity contribution in [1.82, 2.24) is 0 Å². The van der Waals surface area contributed by atoms with Gasteiger partial charge in [0.2, 0.25) is 0 Å². The van der Waals surface area contributed by atoms with E-state index in [4.69, 9.17) is 27.8 Å². The number of phosphoric acid groups is 1. The molecule has 0 aromatic heterocycles. The van der Waals surface area contributed by atoms with Crippen LogP contribution in [0.25, 0.3) is 0 Å². The summed E-state index contributed by atoms with van der Waals surface area (Å²) in [5.41, 5.74) is 0. The number of ether oxygens (including phenoxy) is 3. The van der Waals surface area contributed by atoms with Crippen molar-refractivity contribution in [1.29, 1.82) is 0 Å². The lowest BCUT2D eigenvalue weighted by molar-refractivity contribution is 0.296. The van der Waals surface area contributed by atoms with Crippen LogP contribution in [0, 0.1) is 0 Å². The summed E-state index contributed by atoms with van der Waals surface area (Å²) in [7, 11) is 0.435. The molecule has 3 aromatic carbocycles. The van der Waals surface area contributed by atoms with Gasteiger partial charge in [0.25, 0.3) is 0 Å². The first-order valence-electron chi connectivity index (χ1n) is 8.64. The van der Waals surface area contributed by atoms with Crippen LogP contribution in [0.2, 0.25) is 0 Å². The van der Waals surface area contributed by atoms with Crippen LogP contribution >= 0.6 is 7.82 Å². The fourth-order valence-corrected chi connectivity index (χ4v) is 3.64. The summed E-state index contributed by atoms with van der Waals surface area (Å²) < 4.78 is 46.0. The molecule has 3 aromatic rings. The van der Waals surface area contributed by atoms with E-state index in [0.29, 0.717) is 17.2 Å². The molecule has 7 nitrogen and oxygen atoms in total. The van der Waals surface area contributed by atoms with Crippen LogP contribution in [0.4, 0.5) is 0 Å². The van der Waals surface area contributed by atoms with Gasteiger partial charge in [0.1, 0.15) is 34.5 Å². The Hall–Kier alpha value is -3.31. The van der Waals surface area contributed by atoms with Crippen molar-refractivity contribution in [3.63, 3.8) is 0 Å². The lowest BCUT2D eigenvalue weighted by Gasteiger charge is -2.20. The first-order chi connectivity index (χ1) is 14.0. The molecule has 0 saturated carbocycles. The SMILES string of the molecule is COc1cccc(OP(=O)(Oc2cccc(OC)c2)Oc2cccc(OC)c2)c1. The Morgan fingerprint density at radius 3 is 1.07 bits per heavy atom. The zero-order chi connectivity index (χ0) is 20.7. The minimum Gasteiger partial charge on any atom is -0.497 e. The lowest BCUT2D eigenvalue weighted by Crippen LogP contribution is -2.08. The molecule has 3 rings (SSSR count). The zero-order valence-electron chi connectivity index (χ0n) is 16.2. The number of hydrogen-bond donors (Lipinski definition) is 0. The molecule has 0 aliphatic carbocycles. The maximum atomic E-state index is 13.5. The molecular formula is C21H21O7P. The molecule has 0 spiro atoms. The maximum absolute atomic E-state index is 13.5. The summed E-state index contributed by atoms with van der Waals surface area (Å²) in [5, 5.41) is 0. The van der Waals surface area contributed by atoms with E-state index < -0.39 is 7.82 Å². The van der Waals surface area contributed by atoms with Crippen LogP contribution in [-0.4, -0.2) is 21.3 Å². The molecule has 0 N–H and O–H groups in total. The number of methoxy groups -OCH3 is 3. The quantitative estimate of drug-likeness (QED) is 0.435. The van der Waals surface area contributed by atoms with Gasteiger partial charge >= 0.3 is 7.82 Å². The van der Waals surface area contributed by atoms with Gasteiger partial charge in [-0.1, -0.05) is 18.2 Å². The molecule has 152 valence electrons. The smallest absolute Gasteiger partial charge is 0.497 e. The molecule has 0 aliphatic rings. The van der Waals surface area contributed by atoms with E-state index in [-0.39, 0.29) is 17.2 Å². The molecular weight excluding hydrogens is 395 g/mol. The summed E-state index contributed by atoms with van der Waals surface area (Å²) in [6.07, 6.45) is 0. The molecule has 0 saturated heterocycles. The summed E-state index contributed by atoms with van der Waals surface area (Å²) >= 11 is 0. The summed E-state index contributed by atoms with van der Waals surface area (Å²) in [4.78, 5) is 0. The summed E-state index contributed by atoms with van der Waals surface area (Å²) in [5.74, 6) is 2.40. The molecule has 0 atom stereocenters. The van der Waals surface area contributed by atoms with Gasteiger partial charge in [0.05, 0.1) is 21.3 Å². The van der Waals surface area contributed by atoms with Crippen LogP contribution in [0.15, 0.2) is 72.8 Å². The largest absolute Gasteiger partial charge is 0.647 e. The Morgan fingerprint density at radius 2 is 0.793 bits per heavy atom. The van der Waals surface area contributed by atoms with Gasteiger partial charge in [0, 0.05) is 18.2 Å². The highest BCUT2D eigenvalue weighted by Crippen LogP contribution is 2.50. The topological polar surface area (TPSA) is 72.5 Å². The predicted octanol–water partition coefficient (Wildman–Crippen LogP) is 5.36. The Labute approximate surface area is 169 Å². The number of hydrogen-bond acceptors (Lipinski definition) is 7. The molecule has 0 aliphatic heterocycles. The van der Waals surface area contributed by atoms with Crippen molar-refractivity contribution >= 4 is 7.82 Å². The predicted molar refractivity (Wildman–Crippen MR) is 108 cm³/mol. The molecule has 0 unspecified atom stereocenters. The second kappa shape index (κ2) is 9.26. The van der Waals surface area contributed by atoms with E-state index >= 15 is 0 Å². The van der Waals surface area contributed by atoms with Crippen molar-refractivity contribution in [2.24, 2.45) is 0 Å². The van der Waals surface area contributed by atoms with Crippen LogP contribution in [-0.2, 0) is 4.57 Å². The van der Waals surface area contributed by atoms with Gasteiger partial charge in [-0.25, -0.2) is 0 Å². The van der Waals surface area contributed by atoms with E-state index in [1.54, 1.807) is 72.8 Å². The van der Waals surface area contributed by atoms with Gasteiger partial charge in [-0.2, -0.15) is 4.57 Å². The van der Waals surface area contributed by atoms with Gasteiger partial charge in [-0.15, -0.1) is 0 Å². The number of phosphoric ester groups is 1. The Kier molecular flexibility index (Phi) is 6.52. The van der Waals surface area contributed by atoms with Crippen molar-refractivity contribution in [3.05, 3.63) is 72.8 Å². The Bertz CT molecular complexity index is 878. The van der Waals surface area contributed by atoms with E-state index in [0.717, 1.165) is 0 Å². The Morgan fingerprint density at radius 1 is 0.517 bits per heavy atom. The third-order valence-corrected chi connectivity index (χ3v) is 5.08. The molecule has 0 radical (unpaired) electrons. The van der Waals surface area contributed by atoms with Gasteiger partial charge in [-0.05, 0) is 36.4 Å². The standard InChI is InChI=1S/C21H21O7P/c1-23-16-7-4-10-19(13-16)26-29(22,27-20-11-5-8-17(14-20)24-2)28-21-12-6-9-18(15-21)25-3/h4-15H,1-3H3. The van der Waals surface area contributed by atoms with Gasteiger partial charge < -0.3 is 27.8 Å². The average molecular weight is 416 g/mol. The highest BCUT2D eigenvalue weighted by molar-refractivity contribution is 7.49. The third-order valence-electron chi connectivity index (χ3n) is 3.78. The molecule has 0 amide bonds. The number of rotatable bonds is 9. The zero-order valence-corrected chi connectivity index (χ0v) is 17.1. The van der Waals surface area contributed by atoms with E-state index in [1.165, 1.54) is 21.3 Å². The van der Waals surface area contributed by atoms with Crippen LogP contribution in [0.3, 0.4) is 0 Å². The van der Waals surface area contributed by atoms with E-state index in [2.05, 4.69) is 0 Å². The van der Waals surface area contributed by atoms with Crippen LogP contribution in [0.5, 0.6) is 34.5 Å². The van der Waals surface area contributed by atoms with Gasteiger partial charge in [-0.3, -0.25) is 0 Å². The normalized spacial score (nSPS) is 10.7. The summed E-state index contributed by atoms with van der Waals surface area (Å²) in [6.45, 7) is 0. The lowest BCUT2D eigenvalue weighted by atomic mass is 10.3. The van der Waals surface area contributed by atoms with Crippen molar-refractivity contribution < 1.29 is 32.3 Å².